The Kier molecular flexibility index (Phi) is 5.67. The molecule has 3 nitrogen and oxygen atoms in total. The predicted molar refractivity (Wildman–Crippen MR) is 79.5 cm³/mol. The second-order valence-electron chi connectivity index (χ2n) is 5.38. The van der Waals surface area contributed by atoms with E-state index < -0.39 is 0 Å². The van der Waals surface area contributed by atoms with Gasteiger partial charge in [-0.25, -0.2) is 0 Å². The zero-order valence-electron chi connectivity index (χ0n) is 12.2. The van der Waals surface area contributed by atoms with E-state index in [2.05, 4.69) is 29.3 Å². The fraction of sp³-hybridized carbons (Fsp3) is 0.625. The molecule has 2 rings (SSSR count). The van der Waals surface area contributed by atoms with Crippen molar-refractivity contribution in [2.24, 2.45) is 5.92 Å². The molecule has 0 aromatic heterocycles. The molecule has 0 aliphatic carbocycles. The first kappa shape index (κ1) is 14.4. The Bertz CT molecular complexity index is 356. The number of piperidine rings is 1. The van der Waals surface area contributed by atoms with Crippen LogP contribution in [-0.2, 0) is 6.54 Å². The van der Waals surface area contributed by atoms with Gasteiger partial charge in [-0.3, -0.25) is 4.90 Å². The number of methoxy groups -OCH3 is 1. The van der Waals surface area contributed by atoms with Crippen molar-refractivity contribution < 1.29 is 4.74 Å². The number of hydrogen-bond donors (Lipinski definition) is 1. The van der Waals surface area contributed by atoms with E-state index in [-0.39, 0.29) is 0 Å². The summed E-state index contributed by atoms with van der Waals surface area (Å²) in [6.07, 6.45) is 2.65. The van der Waals surface area contributed by atoms with E-state index in [9.17, 15) is 0 Å². The van der Waals surface area contributed by atoms with Crippen LogP contribution in [0.15, 0.2) is 24.3 Å². The first-order chi connectivity index (χ1) is 9.31. The van der Waals surface area contributed by atoms with Crippen molar-refractivity contribution >= 4 is 0 Å². The molecule has 0 radical (unpaired) electrons. The number of likely N-dealkylation sites (tertiary alicyclic amines) is 1. The summed E-state index contributed by atoms with van der Waals surface area (Å²) in [5.74, 6) is 1.81. The van der Waals surface area contributed by atoms with Crippen LogP contribution in [0.3, 0.4) is 0 Å². The number of benzene rings is 1. The van der Waals surface area contributed by atoms with Crippen LogP contribution in [-0.4, -0.2) is 38.2 Å². The van der Waals surface area contributed by atoms with Crippen LogP contribution >= 0.6 is 0 Å². The van der Waals surface area contributed by atoms with Gasteiger partial charge in [0, 0.05) is 6.54 Å². The van der Waals surface area contributed by atoms with Gasteiger partial charge in [0.25, 0.3) is 0 Å². The molecule has 1 fully saturated rings. The van der Waals surface area contributed by atoms with Crippen molar-refractivity contribution in [3.05, 3.63) is 29.8 Å². The minimum absolute atomic E-state index is 0.868. The van der Waals surface area contributed by atoms with Crippen LogP contribution in [0.1, 0.15) is 25.3 Å². The SMILES string of the molecule is CCNCC1CCN(Cc2ccc(OC)cc2)CC1. The lowest BCUT2D eigenvalue weighted by Crippen LogP contribution is -2.36. The Labute approximate surface area is 116 Å². The minimum Gasteiger partial charge on any atom is -0.497 e. The van der Waals surface area contributed by atoms with Crippen molar-refractivity contribution in [2.75, 3.05) is 33.3 Å². The molecular formula is C16H26N2O. The van der Waals surface area contributed by atoms with Gasteiger partial charge in [0.2, 0.25) is 0 Å². The third kappa shape index (κ3) is 4.51. The second-order valence-corrected chi connectivity index (χ2v) is 5.38. The smallest absolute Gasteiger partial charge is 0.118 e. The van der Waals surface area contributed by atoms with Gasteiger partial charge in [0.05, 0.1) is 7.11 Å². The summed E-state index contributed by atoms with van der Waals surface area (Å²) in [4.78, 5) is 2.56. The Morgan fingerprint density at radius 1 is 1.21 bits per heavy atom. The molecule has 0 spiro atoms. The van der Waals surface area contributed by atoms with Gasteiger partial charge in [-0.05, 0) is 62.6 Å². The average Bonchev–Trinajstić information content (AvgIpc) is 2.47. The van der Waals surface area contributed by atoms with E-state index in [1.165, 1.54) is 38.0 Å². The summed E-state index contributed by atoms with van der Waals surface area (Å²) in [6, 6.07) is 8.44. The number of nitrogens with one attached hydrogen (secondary N) is 1. The quantitative estimate of drug-likeness (QED) is 0.852. The third-order valence-corrected chi connectivity index (χ3v) is 3.96. The Hall–Kier alpha value is -1.06. The van der Waals surface area contributed by atoms with Crippen molar-refractivity contribution in [3.8, 4) is 5.75 Å². The summed E-state index contributed by atoms with van der Waals surface area (Å²) in [6.45, 7) is 7.97. The zero-order valence-corrected chi connectivity index (χ0v) is 12.2. The maximum Gasteiger partial charge on any atom is 0.118 e. The fourth-order valence-electron chi connectivity index (χ4n) is 2.69. The zero-order chi connectivity index (χ0) is 13.5. The largest absolute Gasteiger partial charge is 0.497 e. The summed E-state index contributed by atoms with van der Waals surface area (Å²) in [7, 11) is 1.71. The summed E-state index contributed by atoms with van der Waals surface area (Å²) in [5.41, 5.74) is 1.38. The Morgan fingerprint density at radius 2 is 1.89 bits per heavy atom. The van der Waals surface area contributed by atoms with E-state index in [0.29, 0.717) is 0 Å². The first-order valence-electron chi connectivity index (χ1n) is 7.37. The highest BCUT2D eigenvalue weighted by Crippen LogP contribution is 2.19. The molecule has 1 aromatic carbocycles. The molecular weight excluding hydrogens is 236 g/mol. The average molecular weight is 262 g/mol. The number of rotatable bonds is 6. The molecule has 19 heavy (non-hydrogen) atoms. The van der Waals surface area contributed by atoms with Crippen molar-refractivity contribution in [2.45, 2.75) is 26.3 Å². The fourth-order valence-corrected chi connectivity index (χ4v) is 2.69. The van der Waals surface area contributed by atoms with E-state index in [1.54, 1.807) is 7.11 Å². The van der Waals surface area contributed by atoms with E-state index in [4.69, 9.17) is 4.74 Å². The normalized spacial score (nSPS) is 17.6. The molecule has 1 saturated heterocycles. The minimum atomic E-state index is 0.868. The van der Waals surface area contributed by atoms with Crippen molar-refractivity contribution in [3.63, 3.8) is 0 Å². The number of nitrogens with zero attached hydrogens (tertiary/aromatic N) is 1. The molecule has 0 unspecified atom stereocenters. The van der Waals surface area contributed by atoms with Crippen molar-refractivity contribution in [1.82, 2.24) is 10.2 Å². The van der Waals surface area contributed by atoms with Gasteiger partial charge in [-0.2, -0.15) is 0 Å². The van der Waals surface area contributed by atoms with Crippen LogP contribution in [0.25, 0.3) is 0 Å². The molecule has 1 N–H and O–H groups in total. The molecule has 0 atom stereocenters. The molecule has 0 amide bonds. The molecule has 0 bridgehead atoms. The maximum absolute atomic E-state index is 5.19. The third-order valence-electron chi connectivity index (χ3n) is 3.96. The maximum atomic E-state index is 5.19. The highest BCUT2D eigenvalue weighted by atomic mass is 16.5. The van der Waals surface area contributed by atoms with Crippen LogP contribution in [0.4, 0.5) is 0 Å². The van der Waals surface area contributed by atoms with Gasteiger partial charge < -0.3 is 10.1 Å². The number of hydrogen-bond acceptors (Lipinski definition) is 3. The highest BCUT2D eigenvalue weighted by molar-refractivity contribution is 5.27. The van der Waals surface area contributed by atoms with Gasteiger partial charge in [-0.15, -0.1) is 0 Å². The predicted octanol–water partition coefficient (Wildman–Crippen LogP) is 2.52. The standard InChI is InChI=1S/C16H26N2O/c1-3-17-12-14-8-10-18(11-9-14)13-15-4-6-16(19-2)7-5-15/h4-7,14,17H,3,8-13H2,1-2H3. The van der Waals surface area contributed by atoms with Crippen LogP contribution in [0, 0.1) is 5.92 Å². The summed E-state index contributed by atoms with van der Waals surface area (Å²) >= 11 is 0. The van der Waals surface area contributed by atoms with E-state index in [0.717, 1.165) is 24.8 Å². The molecule has 1 heterocycles. The molecule has 3 heteroatoms. The topological polar surface area (TPSA) is 24.5 Å². The Morgan fingerprint density at radius 3 is 2.47 bits per heavy atom. The van der Waals surface area contributed by atoms with Crippen LogP contribution in [0.5, 0.6) is 5.75 Å². The molecule has 0 saturated carbocycles. The molecule has 1 aliphatic rings. The van der Waals surface area contributed by atoms with Crippen LogP contribution in [0.2, 0.25) is 0 Å². The van der Waals surface area contributed by atoms with Crippen LogP contribution < -0.4 is 10.1 Å². The lowest BCUT2D eigenvalue weighted by Gasteiger charge is -2.32. The molecule has 106 valence electrons. The first-order valence-corrected chi connectivity index (χ1v) is 7.37. The lowest BCUT2D eigenvalue weighted by molar-refractivity contribution is 0.176. The second kappa shape index (κ2) is 7.51. The van der Waals surface area contributed by atoms with E-state index >= 15 is 0 Å². The monoisotopic (exact) mass is 262 g/mol. The summed E-state index contributed by atoms with van der Waals surface area (Å²) < 4.78 is 5.19. The number of ether oxygens (including phenoxy) is 1. The highest BCUT2D eigenvalue weighted by Gasteiger charge is 2.18. The molecule has 1 aromatic rings. The van der Waals surface area contributed by atoms with E-state index in [1.807, 2.05) is 12.1 Å². The van der Waals surface area contributed by atoms with Gasteiger partial charge in [-0.1, -0.05) is 19.1 Å². The Balaban J connectivity index is 1.75. The van der Waals surface area contributed by atoms with Gasteiger partial charge >= 0.3 is 0 Å². The van der Waals surface area contributed by atoms with Crippen molar-refractivity contribution in [1.29, 1.82) is 0 Å². The van der Waals surface area contributed by atoms with Gasteiger partial charge in [0.15, 0.2) is 0 Å². The summed E-state index contributed by atoms with van der Waals surface area (Å²) in [5, 5.41) is 3.46. The van der Waals surface area contributed by atoms with Gasteiger partial charge in [0.1, 0.15) is 5.75 Å². The molecule has 1 aliphatic heterocycles. The lowest BCUT2D eigenvalue weighted by atomic mass is 9.96.